The minimum absolute atomic E-state index is 0.197. The van der Waals surface area contributed by atoms with Crippen molar-refractivity contribution in [1.82, 2.24) is 4.90 Å². The molecule has 0 radical (unpaired) electrons. The Hall–Kier alpha value is -0.350. The molecule has 5 nitrogen and oxygen atoms in total. The molecule has 1 saturated carbocycles. The smallest absolute Gasteiger partial charge is 0.413 e. The highest BCUT2D eigenvalue weighted by atomic mass is 31.2. The second-order valence-electron chi connectivity index (χ2n) is 4.46. The van der Waals surface area contributed by atoms with E-state index in [2.05, 4.69) is 29.9 Å². The lowest BCUT2D eigenvalue weighted by atomic mass is 9.91. The van der Waals surface area contributed by atoms with E-state index in [0.29, 0.717) is 0 Å². The standard InChI is InChI=1S/C12H24NO4P/c1-4-13(5-2)11-9-7-8-10-12(11)17-18(14,15)16-6-3/h6,11-12H,3-5,7-10H2,1-2H3,(H,14,15). The van der Waals surface area contributed by atoms with Crippen LogP contribution in [0.2, 0.25) is 0 Å². The summed E-state index contributed by atoms with van der Waals surface area (Å²) in [4.78, 5) is 11.8. The number of likely N-dealkylation sites (N-methyl/N-ethyl adjacent to an activating group) is 1. The van der Waals surface area contributed by atoms with E-state index < -0.39 is 7.82 Å². The lowest BCUT2D eigenvalue weighted by Crippen LogP contribution is -2.46. The summed E-state index contributed by atoms with van der Waals surface area (Å²) in [6.45, 7) is 9.29. The monoisotopic (exact) mass is 277 g/mol. The van der Waals surface area contributed by atoms with Gasteiger partial charge in [0.2, 0.25) is 0 Å². The zero-order valence-electron chi connectivity index (χ0n) is 11.2. The molecule has 1 aliphatic carbocycles. The lowest BCUT2D eigenvalue weighted by molar-refractivity contribution is 0.0204. The van der Waals surface area contributed by atoms with E-state index in [1.807, 2.05) is 0 Å². The number of hydrogen-bond acceptors (Lipinski definition) is 4. The van der Waals surface area contributed by atoms with Gasteiger partial charge in [0.15, 0.2) is 0 Å². The van der Waals surface area contributed by atoms with E-state index >= 15 is 0 Å². The van der Waals surface area contributed by atoms with Crippen molar-refractivity contribution in [3.63, 3.8) is 0 Å². The van der Waals surface area contributed by atoms with Gasteiger partial charge in [-0.2, -0.15) is 0 Å². The van der Waals surface area contributed by atoms with Crippen LogP contribution in [0.25, 0.3) is 0 Å². The molecule has 0 aromatic heterocycles. The fraction of sp³-hybridized carbons (Fsp3) is 0.833. The van der Waals surface area contributed by atoms with Gasteiger partial charge in [0.1, 0.15) is 0 Å². The van der Waals surface area contributed by atoms with Crippen molar-refractivity contribution < 1.29 is 18.5 Å². The number of phosphoric ester groups is 1. The molecule has 0 heterocycles. The third kappa shape index (κ3) is 4.39. The predicted molar refractivity (Wildman–Crippen MR) is 71.2 cm³/mol. The number of phosphoric acid groups is 1. The molecule has 0 amide bonds. The number of nitrogens with zero attached hydrogens (tertiary/aromatic N) is 1. The SMILES string of the molecule is C=COP(=O)(O)OC1CCCCC1N(CC)CC. The van der Waals surface area contributed by atoms with E-state index in [1.165, 1.54) is 0 Å². The number of hydrogen-bond donors (Lipinski definition) is 1. The molecule has 1 N–H and O–H groups in total. The third-order valence-electron chi connectivity index (χ3n) is 3.43. The summed E-state index contributed by atoms with van der Waals surface area (Å²) in [5.41, 5.74) is 0. The first kappa shape index (κ1) is 15.7. The van der Waals surface area contributed by atoms with E-state index in [9.17, 15) is 9.46 Å². The zero-order chi connectivity index (χ0) is 13.6. The molecule has 0 spiro atoms. The van der Waals surface area contributed by atoms with Crippen LogP contribution < -0.4 is 0 Å². The first-order valence-corrected chi connectivity index (χ1v) is 8.08. The Labute approximate surface area is 109 Å². The third-order valence-corrected chi connectivity index (χ3v) is 4.38. The van der Waals surface area contributed by atoms with E-state index in [0.717, 1.165) is 45.0 Å². The average Bonchev–Trinajstić information content (AvgIpc) is 2.32. The van der Waals surface area contributed by atoms with Crippen LogP contribution in [-0.4, -0.2) is 35.0 Å². The molecule has 1 fully saturated rings. The van der Waals surface area contributed by atoms with Crippen LogP contribution >= 0.6 is 7.82 Å². The Kier molecular flexibility index (Phi) is 6.36. The average molecular weight is 277 g/mol. The quantitative estimate of drug-likeness (QED) is 0.572. The molecule has 0 saturated heterocycles. The normalized spacial score (nSPS) is 27.8. The first-order chi connectivity index (χ1) is 8.54. The summed E-state index contributed by atoms with van der Waals surface area (Å²) in [5.74, 6) is 0. The maximum Gasteiger partial charge on any atom is 0.527 e. The molecule has 0 aromatic carbocycles. The van der Waals surface area contributed by atoms with Crippen LogP contribution in [0.5, 0.6) is 0 Å². The van der Waals surface area contributed by atoms with Crippen molar-refractivity contribution in [3.05, 3.63) is 12.8 Å². The van der Waals surface area contributed by atoms with Gasteiger partial charge in [0, 0.05) is 6.04 Å². The van der Waals surface area contributed by atoms with Crippen LogP contribution in [-0.2, 0) is 13.6 Å². The van der Waals surface area contributed by atoms with Gasteiger partial charge < -0.3 is 4.52 Å². The molecular formula is C12H24NO4P. The Morgan fingerprint density at radius 2 is 2.00 bits per heavy atom. The Morgan fingerprint density at radius 3 is 2.56 bits per heavy atom. The summed E-state index contributed by atoms with van der Waals surface area (Å²) < 4.78 is 21.5. The second-order valence-corrected chi connectivity index (χ2v) is 5.82. The molecule has 1 rings (SSSR count). The van der Waals surface area contributed by atoms with Gasteiger partial charge in [0.25, 0.3) is 0 Å². The van der Waals surface area contributed by atoms with Gasteiger partial charge in [-0.3, -0.25) is 14.3 Å². The summed E-state index contributed by atoms with van der Waals surface area (Å²) in [5, 5.41) is 0. The molecule has 6 heteroatoms. The topological polar surface area (TPSA) is 59.0 Å². The molecule has 0 bridgehead atoms. The van der Waals surface area contributed by atoms with Crippen LogP contribution in [0.1, 0.15) is 39.5 Å². The van der Waals surface area contributed by atoms with Crippen LogP contribution in [0.3, 0.4) is 0 Å². The lowest BCUT2D eigenvalue weighted by Gasteiger charge is -2.38. The minimum Gasteiger partial charge on any atom is -0.413 e. The van der Waals surface area contributed by atoms with Gasteiger partial charge in [-0.25, -0.2) is 4.57 Å². The number of rotatable bonds is 7. The molecule has 3 atom stereocenters. The van der Waals surface area contributed by atoms with Crippen molar-refractivity contribution in [3.8, 4) is 0 Å². The molecule has 3 unspecified atom stereocenters. The minimum atomic E-state index is -4.00. The van der Waals surface area contributed by atoms with Gasteiger partial charge in [-0.15, -0.1) is 0 Å². The first-order valence-electron chi connectivity index (χ1n) is 6.58. The fourth-order valence-corrected chi connectivity index (χ4v) is 3.43. The predicted octanol–water partition coefficient (Wildman–Crippen LogP) is 2.92. The zero-order valence-corrected chi connectivity index (χ0v) is 12.1. The Morgan fingerprint density at radius 1 is 1.39 bits per heavy atom. The van der Waals surface area contributed by atoms with E-state index in [4.69, 9.17) is 4.52 Å². The van der Waals surface area contributed by atoms with Gasteiger partial charge in [0.05, 0.1) is 12.4 Å². The molecule has 106 valence electrons. The highest BCUT2D eigenvalue weighted by molar-refractivity contribution is 7.47. The maximum absolute atomic E-state index is 11.6. The van der Waals surface area contributed by atoms with Crippen LogP contribution in [0.15, 0.2) is 12.8 Å². The van der Waals surface area contributed by atoms with Crippen molar-refractivity contribution in [2.45, 2.75) is 51.7 Å². The summed E-state index contributed by atoms with van der Waals surface area (Å²) >= 11 is 0. The van der Waals surface area contributed by atoms with Gasteiger partial charge in [-0.05, 0) is 25.9 Å². The van der Waals surface area contributed by atoms with Crippen molar-refractivity contribution in [2.75, 3.05) is 13.1 Å². The molecule has 18 heavy (non-hydrogen) atoms. The largest absolute Gasteiger partial charge is 0.527 e. The summed E-state index contributed by atoms with van der Waals surface area (Å²) in [7, 11) is -4.00. The molecule has 1 aliphatic rings. The fourth-order valence-electron chi connectivity index (χ4n) is 2.60. The van der Waals surface area contributed by atoms with Crippen molar-refractivity contribution in [1.29, 1.82) is 0 Å². The molecular weight excluding hydrogens is 253 g/mol. The second kappa shape index (κ2) is 7.29. The van der Waals surface area contributed by atoms with Crippen molar-refractivity contribution in [2.24, 2.45) is 0 Å². The summed E-state index contributed by atoms with van der Waals surface area (Å²) in [6, 6.07) is 0.197. The Balaban J connectivity index is 2.70. The summed E-state index contributed by atoms with van der Waals surface area (Å²) in [6.07, 6.45) is 4.67. The van der Waals surface area contributed by atoms with Crippen LogP contribution in [0.4, 0.5) is 0 Å². The molecule has 0 aromatic rings. The Bertz CT molecular complexity index is 306. The van der Waals surface area contributed by atoms with Crippen LogP contribution in [0, 0.1) is 0 Å². The molecule has 0 aliphatic heterocycles. The van der Waals surface area contributed by atoms with Gasteiger partial charge >= 0.3 is 7.82 Å². The maximum atomic E-state index is 11.6. The van der Waals surface area contributed by atoms with Crippen molar-refractivity contribution >= 4 is 7.82 Å². The van der Waals surface area contributed by atoms with E-state index in [1.54, 1.807) is 0 Å². The highest BCUT2D eigenvalue weighted by Gasteiger charge is 2.35. The van der Waals surface area contributed by atoms with Gasteiger partial charge in [-0.1, -0.05) is 33.3 Å². The highest BCUT2D eigenvalue weighted by Crippen LogP contribution is 2.47. The van der Waals surface area contributed by atoms with E-state index in [-0.39, 0.29) is 12.1 Å².